The predicted octanol–water partition coefficient (Wildman–Crippen LogP) is 4.82. The molecule has 0 atom stereocenters. The number of sulfonamides is 1. The van der Waals surface area contributed by atoms with Gasteiger partial charge in [-0.3, -0.25) is 4.79 Å². The van der Waals surface area contributed by atoms with Gasteiger partial charge < -0.3 is 9.84 Å². The number of pyridine rings is 1. The maximum absolute atomic E-state index is 13.2. The van der Waals surface area contributed by atoms with Crippen LogP contribution >= 0.6 is 11.3 Å². The number of thiophene rings is 1. The second-order valence-corrected chi connectivity index (χ2v) is 11.3. The zero-order chi connectivity index (χ0) is 23.9. The molecular formula is C23H24N4O4S2. The molecule has 0 aliphatic carbocycles. The molecule has 33 heavy (non-hydrogen) atoms. The van der Waals surface area contributed by atoms with E-state index in [1.807, 2.05) is 19.9 Å². The second kappa shape index (κ2) is 8.69. The Kier molecular flexibility index (Phi) is 6.08. The molecule has 3 aromatic heterocycles. The van der Waals surface area contributed by atoms with Crippen molar-refractivity contribution in [2.45, 2.75) is 45.6 Å². The summed E-state index contributed by atoms with van der Waals surface area (Å²) >= 11 is 1.66. The summed E-state index contributed by atoms with van der Waals surface area (Å²) in [4.78, 5) is 20.2. The summed E-state index contributed by atoms with van der Waals surface area (Å²) in [6, 6.07) is 9.56. The molecule has 0 unspecified atom stereocenters. The molecule has 0 bridgehead atoms. The summed E-state index contributed by atoms with van der Waals surface area (Å²) in [5.74, 6) is -0.365. The van der Waals surface area contributed by atoms with E-state index in [1.54, 1.807) is 50.3 Å². The first kappa shape index (κ1) is 23.1. The average molecular weight is 485 g/mol. The van der Waals surface area contributed by atoms with Crippen LogP contribution in [0.3, 0.4) is 0 Å². The van der Waals surface area contributed by atoms with Crippen LogP contribution in [-0.4, -0.2) is 30.5 Å². The average Bonchev–Trinajstić information content (AvgIpc) is 3.28. The highest BCUT2D eigenvalue weighted by atomic mass is 32.2. The molecule has 0 aliphatic heterocycles. The Morgan fingerprint density at radius 1 is 1.09 bits per heavy atom. The van der Waals surface area contributed by atoms with E-state index in [0.29, 0.717) is 33.7 Å². The van der Waals surface area contributed by atoms with Gasteiger partial charge >= 0.3 is 0 Å². The first-order chi connectivity index (χ1) is 15.5. The number of aromatic nitrogens is 2. The maximum atomic E-state index is 13.2. The minimum absolute atomic E-state index is 0.126. The van der Waals surface area contributed by atoms with Crippen molar-refractivity contribution in [1.82, 2.24) is 14.9 Å². The van der Waals surface area contributed by atoms with Crippen LogP contribution in [0.4, 0.5) is 5.69 Å². The minimum Gasteiger partial charge on any atom is -0.335 e. The first-order valence-corrected chi connectivity index (χ1v) is 12.6. The van der Waals surface area contributed by atoms with Gasteiger partial charge in [-0.1, -0.05) is 5.16 Å². The van der Waals surface area contributed by atoms with Gasteiger partial charge in [-0.05, 0) is 71.0 Å². The fraction of sp³-hybridized carbons (Fsp3) is 0.261. The third-order valence-corrected chi connectivity index (χ3v) is 7.63. The Morgan fingerprint density at radius 2 is 1.79 bits per heavy atom. The number of carbonyl (C=O) groups is 1. The quantitative estimate of drug-likeness (QED) is 0.406. The smallest absolute Gasteiger partial charge is 0.259 e. The van der Waals surface area contributed by atoms with Crippen LogP contribution in [0.1, 0.15) is 39.7 Å². The van der Waals surface area contributed by atoms with E-state index in [2.05, 4.69) is 20.2 Å². The standard InChI is InChI=1S/C23H24N4O4S2/c1-12(2)27-33(29,30)17-8-6-16(7-9-17)24-22(28)19-11-20(18-10-13(3)32-15(18)5)25-23-21(19)14(4)26-31-23/h6-12,27H,1-5H3,(H,24,28). The molecule has 4 aromatic rings. The number of benzene rings is 1. The summed E-state index contributed by atoms with van der Waals surface area (Å²) in [5, 5.41) is 7.36. The largest absolute Gasteiger partial charge is 0.335 e. The number of anilines is 1. The van der Waals surface area contributed by atoms with Gasteiger partial charge in [0.15, 0.2) is 0 Å². The lowest BCUT2D eigenvalue weighted by atomic mass is 10.1. The van der Waals surface area contributed by atoms with E-state index in [0.717, 1.165) is 15.3 Å². The SMILES string of the molecule is Cc1cc(-c2cc(C(=O)Nc3ccc(S(=O)(=O)NC(C)C)cc3)c3c(C)noc3n2)c(C)s1. The van der Waals surface area contributed by atoms with Crippen molar-refractivity contribution < 1.29 is 17.7 Å². The highest BCUT2D eigenvalue weighted by molar-refractivity contribution is 7.89. The molecule has 1 aromatic carbocycles. The number of amides is 1. The molecule has 3 heterocycles. The number of rotatable bonds is 6. The van der Waals surface area contributed by atoms with Gasteiger partial charge in [0, 0.05) is 27.0 Å². The molecule has 0 fully saturated rings. The maximum Gasteiger partial charge on any atom is 0.259 e. The summed E-state index contributed by atoms with van der Waals surface area (Å²) in [7, 11) is -3.61. The molecule has 10 heteroatoms. The molecule has 1 amide bonds. The number of hydrogen-bond acceptors (Lipinski definition) is 7. The van der Waals surface area contributed by atoms with Gasteiger partial charge in [-0.25, -0.2) is 18.1 Å². The van der Waals surface area contributed by atoms with Crippen molar-refractivity contribution in [3.63, 3.8) is 0 Å². The molecule has 4 rings (SSSR count). The van der Waals surface area contributed by atoms with Crippen LogP contribution in [-0.2, 0) is 10.0 Å². The van der Waals surface area contributed by atoms with Gasteiger partial charge in [0.25, 0.3) is 11.6 Å². The van der Waals surface area contributed by atoms with Gasteiger partial charge in [0.05, 0.1) is 27.2 Å². The highest BCUT2D eigenvalue weighted by Gasteiger charge is 2.21. The zero-order valence-electron chi connectivity index (χ0n) is 18.9. The van der Waals surface area contributed by atoms with Crippen molar-refractivity contribution in [2.24, 2.45) is 0 Å². The summed E-state index contributed by atoms with van der Waals surface area (Å²) in [6.07, 6.45) is 0. The number of aryl methyl sites for hydroxylation is 3. The van der Waals surface area contributed by atoms with Crippen LogP contribution in [0.25, 0.3) is 22.4 Å². The molecule has 0 saturated carbocycles. The summed E-state index contributed by atoms with van der Waals surface area (Å²) < 4.78 is 32.6. The topological polar surface area (TPSA) is 114 Å². The number of hydrogen-bond donors (Lipinski definition) is 2. The Bertz CT molecular complexity index is 1450. The molecule has 0 spiro atoms. The van der Waals surface area contributed by atoms with E-state index in [-0.39, 0.29) is 16.8 Å². The van der Waals surface area contributed by atoms with Gasteiger partial charge in [-0.2, -0.15) is 0 Å². The second-order valence-electron chi connectivity index (χ2n) is 8.08. The predicted molar refractivity (Wildman–Crippen MR) is 129 cm³/mol. The fourth-order valence-electron chi connectivity index (χ4n) is 3.59. The van der Waals surface area contributed by atoms with Gasteiger partial charge in [0.1, 0.15) is 0 Å². The van der Waals surface area contributed by atoms with E-state index < -0.39 is 10.0 Å². The van der Waals surface area contributed by atoms with Gasteiger partial charge in [-0.15, -0.1) is 11.3 Å². The molecule has 172 valence electrons. The van der Waals surface area contributed by atoms with Crippen molar-refractivity contribution in [1.29, 1.82) is 0 Å². The van der Waals surface area contributed by atoms with Crippen molar-refractivity contribution in [3.05, 3.63) is 57.4 Å². The van der Waals surface area contributed by atoms with E-state index >= 15 is 0 Å². The molecule has 0 aliphatic rings. The Hall–Kier alpha value is -3.08. The van der Waals surface area contributed by atoms with Gasteiger partial charge in [0.2, 0.25) is 10.0 Å². The number of nitrogens with zero attached hydrogens (tertiary/aromatic N) is 2. The Balaban J connectivity index is 1.68. The minimum atomic E-state index is -3.61. The summed E-state index contributed by atoms with van der Waals surface area (Å²) in [6.45, 7) is 9.29. The third kappa shape index (κ3) is 4.68. The van der Waals surface area contributed by atoms with Crippen molar-refractivity contribution >= 4 is 44.1 Å². The zero-order valence-corrected chi connectivity index (χ0v) is 20.5. The van der Waals surface area contributed by atoms with Crippen LogP contribution in [0.5, 0.6) is 0 Å². The number of nitrogens with one attached hydrogen (secondary N) is 2. The van der Waals surface area contributed by atoms with E-state index in [4.69, 9.17) is 4.52 Å². The van der Waals surface area contributed by atoms with Crippen LogP contribution in [0.2, 0.25) is 0 Å². The summed E-state index contributed by atoms with van der Waals surface area (Å²) in [5.41, 5.74) is 3.27. The normalized spacial score (nSPS) is 11.9. The number of fused-ring (bicyclic) bond motifs is 1. The lowest BCUT2D eigenvalue weighted by Gasteiger charge is -2.11. The van der Waals surface area contributed by atoms with Crippen LogP contribution < -0.4 is 10.0 Å². The Morgan fingerprint density at radius 3 is 2.39 bits per heavy atom. The molecular weight excluding hydrogens is 460 g/mol. The molecule has 0 radical (unpaired) electrons. The van der Waals surface area contributed by atoms with E-state index in [1.165, 1.54) is 12.1 Å². The molecule has 0 saturated heterocycles. The van der Waals surface area contributed by atoms with E-state index in [9.17, 15) is 13.2 Å². The lowest BCUT2D eigenvalue weighted by molar-refractivity contribution is 0.102. The monoisotopic (exact) mass is 484 g/mol. The van der Waals surface area contributed by atoms with Crippen LogP contribution in [0.15, 0.2) is 45.8 Å². The highest BCUT2D eigenvalue weighted by Crippen LogP contribution is 2.33. The lowest BCUT2D eigenvalue weighted by Crippen LogP contribution is -2.30. The Labute approximate surface area is 196 Å². The third-order valence-electron chi connectivity index (χ3n) is 4.99. The fourth-order valence-corrected chi connectivity index (χ4v) is 5.78. The first-order valence-electron chi connectivity index (χ1n) is 10.3. The number of carbonyl (C=O) groups excluding carboxylic acids is 1. The molecule has 2 N–H and O–H groups in total. The van der Waals surface area contributed by atoms with Crippen LogP contribution in [0, 0.1) is 20.8 Å². The van der Waals surface area contributed by atoms with Crippen molar-refractivity contribution in [3.8, 4) is 11.3 Å². The van der Waals surface area contributed by atoms with Crippen molar-refractivity contribution in [2.75, 3.05) is 5.32 Å². The molecule has 8 nitrogen and oxygen atoms in total.